The molecule has 0 bridgehead atoms. The molecule has 1 aliphatic rings. The van der Waals surface area contributed by atoms with Crippen molar-refractivity contribution in [2.45, 2.75) is 68.2 Å². The molecule has 0 radical (unpaired) electrons. The monoisotopic (exact) mass is 450 g/mol. The van der Waals surface area contributed by atoms with E-state index >= 15 is 0 Å². The molecule has 1 aromatic heterocycles. The van der Waals surface area contributed by atoms with E-state index in [1.165, 1.54) is 0 Å². The second kappa shape index (κ2) is 9.79. The van der Waals surface area contributed by atoms with E-state index in [1.54, 1.807) is 56.4 Å². The third kappa shape index (κ3) is 5.95. The van der Waals surface area contributed by atoms with Gasteiger partial charge in [0.1, 0.15) is 6.10 Å². The molecule has 30 heavy (non-hydrogen) atoms. The lowest BCUT2D eigenvalue weighted by molar-refractivity contribution is -0.121. The van der Waals surface area contributed by atoms with Gasteiger partial charge >= 0.3 is 0 Å². The summed E-state index contributed by atoms with van der Waals surface area (Å²) in [4.78, 5) is 16.8. The second-order valence-corrected chi connectivity index (χ2v) is 10.8. The van der Waals surface area contributed by atoms with Gasteiger partial charge < -0.3 is 10.1 Å². The van der Waals surface area contributed by atoms with Gasteiger partial charge in [0, 0.05) is 18.3 Å². The first-order valence-corrected chi connectivity index (χ1v) is 12.1. The number of pyridine rings is 1. The van der Waals surface area contributed by atoms with Gasteiger partial charge in [-0.05, 0) is 63.3 Å². The highest BCUT2D eigenvalue weighted by Gasteiger charge is 2.24. The number of nitrogens with one attached hydrogen (secondary N) is 1. The van der Waals surface area contributed by atoms with Crippen LogP contribution in [0.15, 0.2) is 47.5 Å². The number of hydrogen-bond acceptors (Lipinski definition) is 5. The van der Waals surface area contributed by atoms with Crippen molar-refractivity contribution in [3.63, 3.8) is 0 Å². The van der Waals surface area contributed by atoms with Gasteiger partial charge in [-0.2, -0.15) is 0 Å². The first-order chi connectivity index (χ1) is 14.2. The number of benzene rings is 1. The molecular formula is C22H27ClN2O4S. The molecule has 1 saturated carbocycles. The Morgan fingerprint density at radius 3 is 2.37 bits per heavy atom. The predicted molar refractivity (Wildman–Crippen MR) is 117 cm³/mol. The first kappa shape index (κ1) is 22.6. The van der Waals surface area contributed by atoms with Crippen molar-refractivity contribution in [3.8, 4) is 5.88 Å². The first-order valence-electron chi connectivity index (χ1n) is 10.1. The molecule has 3 rings (SSSR count). The molecule has 1 heterocycles. The molecule has 0 unspecified atom stereocenters. The molecule has 0 saturated heterocycles. The molecule has 1 amide bonds. The maximum absolute atomic E-state index is 12.4. The lowest BCUT2D eigenvalue weighted by Gasteiger charge is -2.29. The Labute approximate surface area is 182 Å². The standard InChI is InChI=1S/C22H27ClN2O4S/c1-15(2)30(27,28)20-10-3-16(4-11-20)13-21(26)25-18-6-8-19(9-7-18)29-22-12-5-17(23)14-24-22/h3-5,10-12,14-15,18-19H,6-9,13H2,1-2H3,(H,25,26). The Balaban J connectivity index is 1.45. The Kier molecular flexibility index (Phi) is 7.36. The number of ether oxygens (including phenoxy) is 1. The zero-order chi connectivity index (χ0) is 21.7. The van der Waals surface area contributed by atoms with Crippen LogP contribution in [0.25, 0.3) is 0 Å². The lowest BCUT2D eigenvalue weighted by Crippen LogP contribution is -2.40. The lowest BCUT2D eigenvalue weighted by atomic mass is 9.92. The average Bonchev–Trinajstić information content (AvgIpc) is 2.71. The van der Waals surface area contributed by atoms with Gasteiger partial charge in [0.05, 0.1) is 21.6 Å². The van der Waals surface area contributed by atoms with Crippen molar-refractivity contribution < 1.29 is 17.9 Å². The quantitative estimate of drug-likeness (QED) is 0.689. The predicted octanol–water partition coefficient (Wildman–Crippen LogP) is 3.97. The van der Waals surface area contributed by atoms with Crippen molar-refractivity contribution >= 4 is 27.3 Å². The van der Waals surface area contributed by atoms with E-state index in [2.05, 4.69) is 10.3 Å². The minimum atomic E-state index is -3.30. The maximum Gasteiger partial charge on any atom is 0.224 e. The molecule has 2 aromatic rings. The maximum atomic E-state index is 12.4. The van der Waals surface area contributed by atoms with Gasteiger partial charge in [-0.15, -0.1) is 0 Å². The Bertz CT molecular complexity index is 952. The molecular weight excluding hydrogens is 424 g/mol. The minimum Gasteiger partial charge on any atom is -0.474 e. The molecule has 1 fully saturated rings. The molecule has 0 aliphatic heterocycles. The van der Waals surface area contributed by atoms with Crippen LogP contribution in [0.5, 0.6) is 5.88 Å². The highest BCUT2D eigenvalue weighted by atomic mass is 35.5. The zero-order valence-corrected chi connectivity index (χ0v) is 18.7. The highest BCUT2D eigenvalue weighted by Crippen LogP contribution is 2.24. The van der Waals surface area contributed by atoms with Crippen LogP contribution in [0.2, 0.25) is 5.02 Å². The number of sulfone groups is 1. The molecule has 162 valence electrons. The molecule has 1 aliphatic carbocycles. The van der Waals surface area contributed by atoms with Gasteiger partial charge in [0.25, 0.3) is 0 Å². The zero-order valence-electron chi connectivity index (χ0n) is 17.2. The number of nitrogens with zero attached hydrogens (tertiary/aromatic N) is 1. The van der Waals surface area contributed by atoms with Gasteiger partial charge in [-0.1, -0.05) is 23.7 Å². The van der Waals surface area contributed by atoms with E-state index in [9.17, 15) is 13.2 Å². The van der Waals surface area contributed by atoms with Crippen LogP contribution in [0.4, 0.5) is 0 Å². The average molecular weight is 451 g/mol. The van der Waals surface area contributed by atoms with Crippen LogP contribution >= 0.6 is 11.6 Å². The van der Waals surface area contributed by atoms with Gasteiger partial charge in [0.15, 0.2) is 9.84 Å². The molecule has 1 N–H and O–H groups in total. The smallest absolute Gasteiger partial charge is 0.224 e. The van der Waals surface area contributed by atoms with Crippen molar-refractivity contribution in [1.29, 1.82) is 0 Å². The van der Waals surface area contributed by atoms with Crippen LogP contribution in [-0.4, -0.2) is 36.7 Å². The third-order valence-electron chi connectivity index (χ3n) is 5.26. The second-order valence-electron chi connectivity index (χ2n) is 7.89. The summed E-state index contributed by atoms with van der Waals surface area (Å²) < 4.78 is 30.3. The summed E-state index contributed by atoms with van der Waals surface area (Å²) in [6, 6.07) is 10.2. The van der Waals surface area contributed by atoms with E-state index in [0.29, 0.717) is 10.9 Å². The third-order valence-corrected chi connectivity index (χ3v) is 7.66. The number of carbonyl (C=O) groups is 1. The molecule has 1 aromatic carbocycles. The van der Waals surface area contributed by atoms with Crippen molar-refractivity contribution in [1.82, 2.24) is 10.3 Å². The van der Waals surface area contributed by atoms with Gasteiger partial charge in [-0.3, -0.25) is 4.79 Å². The highest BCUT2D eigenvalue weighted by molar-refractivity contribution is 7.92. The van der Waals surface area contributed by atoms with E-state index in [0.717, 1.165) is 31.2 Å². The number of hydrogen-bond donors (Lipinski definition) is 1. The molecule has 0 spiro atoms. The summed E-state index contributed by atoms with van der Waals surface area (Å²) in [5.74, 6) is 0.507. The topological polar surface area (TPSA) is 85.4 Å². The Hall–Kier alpha value is -2.12. The number of halogens is 1. The number of carbonyl (C=O) groups excluding carboxylic acids is 1. The molecule has 8 heteroatoms. The fourth-order valence-electron chi connectivity index (χ4n) is 3.46. The van der Waals surface area contributed by atoms with Gasteiger partial charge in [0.2, 0.25) is 11.8 Å². The van der Waals surface area contributed by atoms with Crippen molar-refractivity contribution in [3.05, 3.63) is 53.2 Å². The van der Waals surface area contributed by atoms with Crippen LogP contribution in [0.3, 0.4) is 0 Å². The van der Waals surface area contributed by atoms with E-state index in [4.69, 9.17) is 16.3 Å². The fraction of sp³-hybridized carbons (Fsp3) is 0.455. The summed E-state index contributed by atoms with van der Waals surface area (Å²) in [7, 11) is -3.30. The fourth-order valence-corrected chi connectivity index (χ4v) is 4.63. The van der Waals surface area contributed by atoms with E-state index < -0.39 is 15.1 Å². The Morgan fingerprint density at radius 2 is 1.80 bits per heavy atom. The summed E-state index contributed by atoms with van der Waals surface area (Å²) in [5, 5.41) is 3.18. The van der Waals surface area contributed by atoms with E-state index in [-0.39, 0.29) is 29.4 Å². The molecule has 6 nitrogen and oxygen atoms in total. The molecule has 0 atom stereocenters. The summed E-state index contributed by atoms with van der Waals surface area (Å²) in [6.45, 7) is 3.31. The SMILES string of the molecule is CC(C)S(=O)(=O)c1ccc(CC(=O)NC2CCC(Oc3ccc(Cl)cn3)CC2)cc1. The normalized spacial score (nSPS) is 19.5. The van der Waals surface area contributed by atoms with Crippen molar-refractivity contribution in [2.75, 3.05) is 0 Å². The van der Waals surface area contributed by atoms with E-state index in [1.807, 2.05) is 0 Å². The summed E-state index contributed by atoms with van der Waals surface area (Å²) >= 11 is 5.83. The van der Waals surface area contributed by atoms with Crippen LogP contribution < -0.4 is 10.1 Å². The number of amides is 1. The summed E-state index contributed by atoms with van der Waals surface area (Å²) in [5.41, 5.74) is 0.793. The van der Waals surface area contributed by atoms with Crippen LogP contribution in [0.1, 0.15) is 45.1 Å². The Morgan fingerprint density at radius 1 is 1.13 bits per heavy atom. The largest absolute Gasteiger partial charge is 0.474 e. The minimum absolute atomic E-state index is 0.0572. The number of aromatic nitrogens is 1. The summed E-state index contributed by atoms with van der Waals surface area (Å²) in [6.07, 6.45) is 5.25. The van der Waals surface area contributed by atoms with Crippen LogP contribution in [0, 0.1) is 0 Å². The van der Waals surface area contributed by atoms with Gasteiger partial charge in [-0.25, -0.2) is 13.4 Å². The van der Waals surface area contributed by atoms with Crippen LogP contribution in [-0.2, 0) is 21.1 Å². The number of rotatable bonds is 7. The van der Waals surface area contributed by atoms with Crippen molar-refractivity contribution in [2.24, 2.45) is 0 Å².